The molecule has 92 valence electrons. The molecule has 0 bridgehead atoms. The summed E-state index contributed by atoms with van der Waals surface area (Å²) in [5.74, 6) is -15.0. The molecule has 0 aliphatic carbocycles. The Balaban J connectivity index is 5.21. The summed E-state index contributed by atoms with van der Waals surface area (Å²) in [7, 11) is -5.16. The van der Waals surface area contributed by atoms with Gasteiger partial charge in [0.15, 0.2) is 0 Å². The van der Waals surface area contributed by atoms with Crippen molar-refractivity contribution in [3.8, 4) is 0 Å². The highest BCUT2D eigenvalue weighted by Gasteiger charge is 2.73. The molecule has 0 radical (unpaired) electrons. The van der Waals surface area contributed by atoms with Crippen molar-refractivity contribution in [2.75, 3.05) is 5.75 Å². The van der Waals surface area contributed by atoms with E-state index in [0.717, 1.165) is 0 Å². The van der Waals surface area contributed by atoms with Crippen LogP contribution in [0.5, 0.6) is 0 Å². The van der Waals surface area contributed by atoms with Crippen LogP contribution in [0, 0.1) is 0 Å². The van der Waals surface area contributed by atoms with Crippen molar-refractivity contribution in [3.63, 3.8) is 0 Å². The third kappa shape index (κ3) is 3.19. The SMILES string of the molecule is NS(=O)(=O)CC(F)(F)C(F)(F)C(F)(F)F. The molecule has 3 nitrogen and oxygen atoms in total. The first-order valence-corrected chi connectivity index (χ1v) is 4.75. The number of hydrogen-bond donors (Lipinski definition) is 1. The highest BCUT2D eigenvalue weighted by Crippen LogP contribution is 2.46. The summed E-state index contributed by atoms with van der Waals surface area (Å²) >= 11 is 0. The molecule has 0 aromatic carbocycles. The molecule has 0 fully saturated rings. The van der Waals surface area contributed by atoms with Gasteiger partial charge in [-0.15, -0.1) is 0 Å². The Morgan fingerprint density at radius 2 is 1.27 bits per heavy atom. The molecule has 0 spiro atoms. The number of primary sulfonamides is 1. The first kappa shape index (κ1) is 14.4. The molecule has 0 saturated heterocycles. The van der Waals surface area contributed by atoms with E-state index in [1.165, 1.54) is 0 Å². The Morgan fingerprint density at radius 3 is 1.47 bits per heavy atom. The van der Waals surface area contributed by atoms with Gasteiger partial charge in [0, 0.05) is 0 Å². The Bertz CT molecular complexity index is 331. The highest BCUT2D eigenvalue weighted by molar-refractivity contribution is 7.89. The standard InChI is InChI=1S/C4H4F7NO2S/c5-2(6,1-15(12,13)14)3(7,8)4(9,10)11/h1H2,(H2,12,13,14). The molecular formula is C4H4F7NO2S. The predicted octanol–water partition coefficient (Wildman–Crippen LogP) is 1.11. The van der Waals surface area contributed by atoms with Gasteiger partial charge in [0.2, 0.25) is 10.0 Å². The van der Waals surface area contributed by atoms with Crippen LogP contribution in [0.15, 0.2) is 0 Å². The molecule has 2 N–H and O–H groups in total. The molecule has 0 aromatic rings. The average Bonchev–Trinajstić information content (AvgIpc) is 1.77. The van der Waals surface area contributed by atoms with Crippen molar-refractivity contribution in [2.45, 2.75) is 18.0 Å². The second kappa shape index (κ2) is 3.47. The smallest absolute Gasteiger partial charge is 0.229 e. The van der Waals surface area contributed by atoms with E-state index in [9.17, 15) is 39.2 Å². The lowest BCUT2D eigenvalue weighted by Crippen LogP contribution is -2.55. The van der Waals surface area contributed by atoms with Crippen molar-refractivity contribution in [2.24, 2.45) is 5.14 Å². The largest absolute Gasteiger partial charge is 0.459 e. The van der Waals surface area contributed by atoms with Crippen LogP contribution in [0.25, 0.3) is 0 Å². The molecule has 0 atom stereocenters. The van der Waals surface area contributed by atoms with E-state index < -0.39 is 33.8 Å². The van der Waals surface area contributed by atoms with Crippen LogP contribution in [-0.4, -0.2) is 32.2 Å². The van der Waals surface area contributed by atoms with E-state index in [1.54, 1.807) is 0 Å². The van der Waals surface area contributed by atoms with Gasteiger partial charge in [-0.25, -0.2) is 13.6 Å². The molecule has 0 heterocycles. The van der Waals surface area contributed by atoms with E-state index in [2.05, 4.69) is 5.14 Å². The molecule has 0 aliphatic heterocycles. The average molecular weight is 263 g/mol. The minimum absolute atomic E-state index is 2.79. The lowest BCUT2D eigenvalue weighted by Gasteiger charge is -2.27. The lowest BCUT2D eigenvalue weighted by atomic mass is 10.2. The van der Waals surface area contributed by atoms with Crippen molar-refractivity contribution in [1.82, 2.24) is 0 Å². The third-order valence-electron chi connectivity index (χ3n) is 1.20. The van der Waals surface area contributed by atoms with Crippen LogP contribution in [0.3, 0.4) is 0 Å². The zero-order chi connectivity index (χ0) is 12.7. The fraction of sp³-hybridized carbons (Fsp3) is 1.00. The molecule has 0 aliphatic rings. The van der Waals surface area contributed by atoms with Gasteiger partial charge < -0.3 is 0 Å². The van der Waals surface area contributed by atoms with Gasteiger partial charge in [-0.1, -0.05) is 0 Å². The molecule has 0 saturated carbocycles. The Hall–Kier alpha value is -0.580. The first-order chi connectivity index (χ1) is 6.21. The topological polar surface area (TPSA) is 60.2 Å². The Kier molecular flexibility index (Phi) is 3.34. The first-order valence-electron chi connectivity index (χ1n) is 3.03. The maximum absolute atomic E-state index is 12.3. The molecule has 15 heavy (non-hydrogen) atoms. The fourth-order valence-electron chi connectivity index (χ4n) is 0.551. The summed E-state index contributed by atoms with van der Waals surface area (Å²) in [5.41, 5.74) is 0. The van der Waals surface area contributed by atoms with Crippen molar-refractivity contribution >= 4 is 10.0 Å². The quantitative estimate of drug-likeness (QED) is 0.775. The minimum atomic E-state index is -6.55. The number of sulfonamides is 1. The number of hydrogen-bond acceptors (Lipinski definition) is 2. The van der Waals surface area contributed by atoms with Gasteiger partial charge in [-0.05, 0) is 0 Å². The van der Waals surface area contributed by atoms with Crippen LogP contribution < -0.4 is 5.14 Å². The fourth-order valence-corrected chi connectivity index (χ4v) is 1.24. The van der Waals surface area contributed by atoms with Gasteiger partial charge in [-0.2, -0.15) is 30.7 Å². The molecule has 0 aromatic heterocycles. The van der Waals surface area contributed by atoms with Gasteiger partial charge in [0.25, 0.3) is 0 Å². The van der Waals surface area contributed by atoms with Crippen molar-refractivity contribution in [1.29, 1.82) is 0 Å². The zero-order valence-corrected chi connectivity index (χ0v) is 7.47. The van der Waals surface area contributed by atoms with Gasteiger partial charge in [0.05, 0.1) is 0 Å². The summed E-state index contributed by atoms with van der Waals surface area (Å²) in [6.07, 6.45) is -6.55. The second-order valence-electron chi connectivity index (χ2n) is 2.58. The Labute approximate surface area is 79.1 Å². The van der Waals surface area contributed by atoms with Gasteiger partial charge >= 0.3 is 18.0 Å². The summed E-state index contributed by atoms with van der Waals surface area (Å²) in [4.78, 5) is 0. The van der Waals surface area contributed by atoms with E-state index in [1.807, 2.05) is 0 Å². The third-order valence-corrected chi connectivity index (χ3v) is 1.96. The van der Waals surface area contributed by atoms with Crippen molar-refractivity contribution in [3.05, 3.63) is 0 Å². The van der Waals surface area contributed by atoms with E-state index in [0.29, 0.717) is 0 Å². The zero-order valence-electron chi connectivity index (χ0n) is 6.65. The normalized spacial score (nSPS) is 15.5. The van der Waals surface area contributed by atoms with Crippen LogP contribution in [0.1, 0.15) is 0 Å². The van der Waals surface area contributed by atoms with E-state index >= 15 is 0 Å². The van der Waals surface area contributed by atoms with E-state index in [4.69, 9.17) is 0 Å². The molecule has 0 amide bonds. The predicted molar refractivity (Wildman–Crippen MR) is 33.9 cm³/mol. The molecule has 0 unspecified atom stereocenters. The monoisotopic (exact) mass is 263 g/mol. The van der Waals surface area contributed by atoms with Gasteiger partial charge in [-0.3, -0.25) is 0 Å². The molecule has 0 rings (SSSR count). The maximum atomic E-state index is 12.3. The number of rotatable bonds is 3. The summed E-state index contributed by atoms with van der Waals surface area (Å²) < 4.78 is 103. The van der Waals surface area contributed by atoms with Crippen LogP contribution in [-0.2, 0) is 10.0 Å². The van der Waals surface area contributed by atoms with E-state index in [-0.39, 0.29) is 0 Å². The van der Waals surface area contributed by atoms with Crippen LogP contribution >= 0.6 is 0 Å². The summed E-state index contributed by atoms with van der Waals surface area (Å²) in [5, 5.41) is 3.95. The second-order valence-corrected chi connectivity index (χ2v) is 4.20. The number of alkyl halides is 7. The molecular weight excluding hydrogens is 259 g/mol. The van der Waals surface area contributed by atoms with Crippen LogP contribution in [0.4, 0.5) is 30.7 Å². The lowest BCUT2D eigenvalue weighted by molar-refractivity contribution is -0.348. The highest BCUT2D eigenvalue weighted by atomic mass is 32.2. The molecule has 11 heteroatoms. The summed E-state index contributed by atoms with van der Waals surface area (Å²) in [6, 6.07) is 0. The summed E-state index contributed by atoms with van der Waals surface area (Å²) in [6.45, 7) is 0. The maximum Gasteiger partial charge on any atom is 0.459 e. The minimum Gasteiger partial charge on any atom is -0.229 e. The van der Waals surface area contributed by atoms with Gasteiger partial charge in [0.1, 0.15) is 5.75 Å². The van der Waals surface area contributed by atoms with Crippen molar-refractivity contribution < 1.29 is 39.2 Å². The number of nitrogens with two attached hydrogens (primary N) is 1. The number of halogens is 7. The van der Waals surface area contributed by atoms with Crippen LogP contribution in [0.2, 0.25) is 0 Å². The Morgan fingerprint density at radius 1 is 0.933 bits per heavy atom.